The van der Waals surface area contributed by atoms with Gasteiger partial charge in [0.2, 0.25) is 5.91 Å². The molecule has 0 fully saturated rings. The van der Waals surface area contributed by atoms with Gasteiger partial charge in [-0.3, -0.25) is 9.59 Å². The van der Waals surface area contributed by atoms with Gasteiger partial charge in [-0.05, 0) is 55.3 Å². The van der Waals surface area contributed by atoms with Gasteiger partial charge in [-0.1, -0.05) is 12.1 Å². The third kappa shape index (κ3) is 3.16. The van der Waals surface area contributed by atoms with E-state index < -0.39 is 0 Å². The Hall–Kier alpha value is -2.88. The van der Waals surface area contributed by atoms with E-state index in [1.165, 1.54) is 6.92 Å². The first-order chi connectivity index (χ1) is 11.0. The molecule has 2 aromatic carbocycles. The van der Waals surface area contributed by atoms with Crippen LogP contribution in [0.2, 0.25) is 0 Å². The van der Waals surface area contributed by atoms with Crippen LogP contribution in [0, 0.1) is 6.92 Å². The normalized spacial score (nSPS) is 10.7. The summed E-state index contributed by atoms with van der Waals surface area (Å²) in [6.07, 6.45) is 2.19. The van der Waals surface area contributed by atoms with Crippen molar-refractivity contribution in [3.63, 3.8) is 0 Å². The van der Waals surface area contributed by atoms with E-state index in [1.807, 2.05) is 31.3 Å². The number of rotatable bonds is 4. The van der Waals surface area contributed by atoms with E-state index in [1.54, 1.807) is 24.3 Å². The van der Waals surface area contributed by atoms with Crippen molar-refractivity contribution in [1.29, 1.82) is 0 Å². The van der Waals surface area contributed by atoms with E-state index in [9.17, 15) is 9.59 Å². The molecule has 1 heterocycles. The lowest BCUT2D eigenvalue weighted by atomic mass is 10.1. The van der Waals surface area contributed by atoms with Gasteiger partial charge >= 0.3 is 0 Å². The third-order valence-corrected chi connectivity index (χ3v) is 3.92. The van der Waals surface area contributed by atoms with Crippen LogP contribution < -0.4 is 5.32 Å². The molecule has 116 valence electrons. The summed E-state index contributed by atoms with van der Waals surface area (Å²) in [5.41, 5.74) is 4.50. The molecule has 0 unspecified atom stereocenters. The monoisotopic (exact) mass is 306 g/mol. The maximum Gasteiger partial charge on any atom is 0.228 e. The quantitative estimate of drug-likeness (QED) is 0.719. The minimum Gasteiger partial charge on any atom is -0.361 e. The lowest BCUT2D eigenvalue weighted by Gasteiger charge is -2.06. The van der Waals surface area contributed by atoms with Crippen molar-refractivity contribution in [1.82, 2.24) is 4.98 Å². The van der Waals surface area contributed by atoms with Gasteiger partial charge in [0.1, 0.15) is 0 Å². The van der Waals surface area contributed by atoms with E-state index in [-0.39, 0.29) is 11.7 Å². The molecule has 1 amide bonds. The number of benzene rings is 2. The summed E-state index contributed by atoms with van der Waals surface area (Å²) in [5, 5.41) is 3.97. The number of fused-ring (bicyclic) bond motifs is 1. The maximum atomic E-state index is 12.3. The Morgan fingerprint density at radius 2 is 1.83 bits per heavy atom. The molecule has 0 atom stereocenters. The molecule has 0 aliphatic heterocycles. The van der Waals surface area contributed by atoms with E-state index >= 15 is 0 Å². The van der Waals surface area contributed by atoms with Gasteiger partial charge in [0, 0.05) is 28.4 Å². The molecular formula is C19H18N2O2. The number of carbonyl (C=O) groups is 2. The second kappa shape index (κ2) is 6.08. The van der Waals surface area contributed by atoms with E-state index in [2.05, 4.69) is 10.3 Å². The van der Waals surface area contributed by atoms with Gasteiger partial charge in [-0.15, -0.1) is 0 Å². The van der Waals surface area contributed by atoms with Crippen molar-refractivity contribution >= 4 is 28.3 Å². The number of aromatic amines is 1. The Bertz CT molecular complexity index is 876. The van der Waals surface area contributed by atoms with Crippen LogP contribution in [-0.4, -0.2) is 16.7 Å². The SMILES string of the molecule is CC(=O)c1ccc(NC(=O)Cc2c[nH]c3cccc(C)c23)cc1. The molecule has 23 heavy (non-hydrogen) atoms. The van der Waals surface area contributed by atoms with Crippen LogP contribution in [0.3, 0.4) is 0 Å². The molecule has 0 aliphatic rings. The Kier molecular flexibility index (Phi) is 3.98. The number of nitrogens with one attached hydrogen (secondary N) is 2. The molecular weight excluding hydrogens is 288 g/mol. The fraction of sp³-hybridized carbons (Fsp3) is 0.158. The molecule has 4 nitrogen and oxygen atoms in total. The lowest BCUT2D eigenvalue weighted by molar-refractivity contribution is -0.115. The summed E-state index contributed by atoms with van der Waals surface area (Å²) in [6, 6.07) is 13.0. The molecule has 0 aliphatic carbocycles. The minimum absolute atomic E-state index is 0.0112. The van der Waals surface area contributed by atoms with E-state index in [0.717, 1.165) is 22.0 Å². The van der Waals surface area contributed by atoms with Crippen LogP contribution >= 0.6 is 0 Å². The molecule has 0 bridgehead atoms. The van der Waals surface area contributed by atoms with Gasteiger partial charge in [-0.25, -0.2) is 0 Å². The molecule has 0 saturated heterocycles. The Morgan fingerprint density at radius 3 is 2.52 bits per heavy atom. The summed E-state index contributed by atoms with van der Waals surface area (Å²) >= 11 is 0. The first-order valence-electron chi connectivity index (χ1n) is 7.51. The first-order valence-corrected chi connectivity index (χ1v) is 7.51. The highest BCUT2D eigenvalue weighted by atomic mass is 16.1. The van der Waals surface area contributed by atoms with Crippen molar-refractivity contribution in [3.8, 4) is 0 Å². The Balaban J connectivity index is 1.75. The molecule has 1 aromatic heterocycles. The number of amides is 1. The van der Waals surface area contributed by atoms with E-state index in [4.69, 9.17) is 0 Å². The van der Waals surface area contributed by atoms with Crippen LogP contribution in [0.5, 0.6) is 0 Å². The highest BCUT2D eigenvalue weighted by molar-refractivity contribution is 5.98. The van der Waals surface area contributed by atoms with Crippen LogP contribution in [0.1, 0.15) is 28.4 Å². The van der Waals surface area contributed by atoms with Crippen molar-refractivity contribution in [3.05, 3.63) is 65.4 Å². The molecule has 2 N–H and O–H groups in total. The standard InChI is InChI=1S/C19H18N2O2/c1-12-4-3-5-17-19(12)15(11-20-17)10-18(23)21-16-8-6-14(7-9-16)13(2)22/h3-9,11,20H,10H2,1-2H3,(H,21,23). The van der Waals surface area contributed by atoms with Crippen molar-refractivity contribution in [2.24, 2.45) is 0 Å². The molecule has 0 saturated carbocycles. The zero-order chi connectivity index (χ0) is 16.4. The summed E-state index contributed by atoms with van der Waals surface area (Å²) in [4.78, 5) is 26.7. The van der Waals surface area contributed by atoms with Gasteiger partial charge in [0.25, 0.3) is 0 Å². The predicted molar refractivity (Wildman–Crippen MR) is 91.8 cm³/mol. The minimum atomic E-state index is -0.0790. The zero-order valence-corrected chi connectivity index (χ0v) is 13.1. The maximum absolute atomic E-state index is 12.3. The fourth-order valence-electron chi connectivity index (χ4n) is 2.76. The van der Waals surface area contributed by atoms with Crippen LogP contribution in [0.4, 0.5) is 5.69 Å². The number of carbonyl (C=O) groups excluding carboxylic acids is 2. The van der Waals surface area contributed by atoms with E-state index in [0.29, 0.717) is 17.7 Å². The number of aromatic nitrogens is 1. The molecule has 4 heteroatoms. The lowest BCUT2D eigenvalue weighted by Crippen LogP contribution is -2.14. The molecule has 0 radical (unpaired) electrons. The highest BCUT2D eigenvalue weighted by Crippen LogP contribution is 2.22. The number of aryl methyl sites for hydroxylation is 1. The predicted octanol–water partition coefficient (Wildman–Crippen LogP) is 3.86. The number of anilines is 1. The van der Waals surface area contributed by atoms with Crippen LogP contribution in [0.15, 0.2) is 48.7 Å². The van der Waals surface area contributed by atoms with Crippen molar-refractivity contribution in [2.45, 2.75) is 20.3 Å². The second-order valence-corrected chi connectivity index (χ2v) is 5.67. The molecule has 3 rings (SSSR count). The largest absolute Gasteiger partial charge is 0.361 e. The highest BCUT2D eigenvalue weighted by Gasteiger charge is 2.11. The van der Waals surface area contributed by atoms with Gasteiger partial charge in [0.05, 0.1) is 6.42 Å². The van der Waals surface area contributed by atoms with Crippen LogP contribution in [0.25, 0.3) is 10.9 Å². The second-order valence-electron chi connectivity index (χ2n) is 5.67. The van der Waals surface area contributed by atoms with Gasteiger partial charge in [0.15, 0.2) is 5.78 Å². The number of hydrogen-bond acceptors (Lipinski definition) is 2. The van der Waals surface area contributed by atoms with Crippen molar-refractivity contribution in [2.75, 3.05) is 5.32 Å². The van der Waals surface area contributed by atoms with Gasteiger partial charge < -0.3 is 10.3 Å². The summed E-state index contributed by atoms with van der Waals surface area (Å²) in [7, 11) is 0. The summed E-state index contributed by atoms with van der Waals surface area (Å²) < 4.78 is 0. The Morgan fingerprint density at radius 1 is 1.09 bits per heavy atom. The van der Waals surface area contributed by atoms with Crippen molar-refractivity contribution < 1.29 is 9.59 Å². The summed E-state index contributed by atoms with van der Waals surface area (Å²) in [5.74, 6) is -0.0677. The number of H-pyrrole nitrogens is 1. The smallest absolute Gasteiger partial charge is 0.228 e. The first kappa shape index (κ1) is 15.0. The van der Waals surface area contributed by atoms with Gasteiger partial charge in [-0.2, -0.15) is 0 Å². The summed E-state index contributed by atoms with van der Waals surface area (Å²) in [6.45, 7) is 3.56. The average Bonchev–Trinajstić information content (AvgIpc) is 2.92. The fourth-order valence-corrected chi connectivity index (χ4v) is 2.76. The molecule has 3 aromatic rings. The Labute approximate surface area is 134 Å². The number of hydrogen-bond donors (Lipinski definition) is 2. The average molecular weight is 306 g/mol. The zero-order valence-electron chi connectivity index (χ0n) is 13.1. The van der Waals surface area contributed by atoms with Crippen LogP contribution in [-0.2, 0) is 11.2 Å². The molecule has 0 spiro atoms. The third-order valence-electron chi connectivity index (χ3n) is 3.92. The number of Topliss-reactive ketones (excluding diaryl/α,β-unsaturated/α-hetero) is 1. The topological polar surface area (TPSA) is 62.0 Å². The number of ketones is 1.